The van der Waals surface area contributed by atoms with Crippen LogP contribution in [0.1, 0.15) is 19.8 Å². The Balaban J connectivity index is 1.92. The Bertz CT molecular complexity index is 570. The summed E-state index contributed by atoms with van der Waals surface area (Å²) in [5.74, 6) is -1.09. The van der Waals surface area contributed by atoms with E-state index >= 15 is 0 Å². The number of benzene rings is 1. The Hall–Kier alpha value is -1.30. The fourth-order valence-corrected chi connectivity index (χ4v) is 2.79. The summed E-state index contributed by atoms with van der Waals surface area (Å²) in [6, 6.07) is 4.63. The third-order valence-electron chi connectivity index (χ3n) is 3.88. The molecule has 0 aliphatic carbocycles. The quantitative estimate of drug-likeness (QED) is 0.810. The number of carbonyl (C=O) groups excluding carboxylic acids is 2. The first-order chi connectivity index (χ1) is 10.4. The van der Waals surface area contributed by atoms with Crippen molar-refractivity contribution in [1.82, 2.24) is 4.90 Å². The fourth-order valence-electron chi connectivity index (χ4n) is 2.49. The Kier molecular flexibility index (Phi) is 5.67. The molecule has 22 heavy (non-hydrogen) atoms. The number of piperidine rings is 1. The van der Waals surface area contributed by atoms with Gasteiger partial charge in [0.25, 0.3) is 0 Å². The molecule has 2 N–H and O–H groups in total. The minimum atomic E-state index is -0.700. The molecule has 120 valence electrons. The van der Waals surface area contributed by atoms with Crippen molar-refractivity contribution in [2.45, 2.75) is 25.9 Å². The highest BCUT2D eigenvalue weighted by Gasteiger charge is 2.28. The summed E-state index contributed by atoms with van der Waals surface area (Å²) in [5, 5.41) is 12.8. The van der Waals surface area contributed by atoms with Gasteiger partial charge in [-0.05, 0) is 43.9 Å². The Morgan fingerprint density at radius 3 is 2.45 bits per heavy atom. The lowest BCUT2D eigenvalue weighted by Crippen LogP contribution is -2.45. The Morgan fingerprint density at radius 1 is 1.27 bits per heavy atom. The molecular weight excluding hydrogens is 327 g/mol. The lowest BCUT2D eigenvalue weighted by Gasteiger charge is -2.32. The second kappa shape index (κ2) is 7.31. The van der Waals surface area contributed by atoms with Crippen molar-refractivity contribution < 1.29 is 14.7 Å². The number of aliphatic hydroxyl groups is 1. The molecule has 0 aromatic heterocycles. The number of nitrogens with zero attached hydrogens (tertiary/aromatic N) is 1. The average molecular weight is 345 g/mol. The van der Waals surface area contributed by atoms with E-state index in [1.807, 2.05) is 0 Å². The van der Waals surface area contributed by atoms with E-state index in [1.165, 1.54) is 11.0 Å². The number of amides is 2. The van der Waals surface area contributed by atoms with Crippen molar-refractivity contribution in [2.75, 3.05) is 18.4 Å². The lowest BCUT2D eigenvalue weighted by atomic mass is 9.92. The van der Waals surface area contributed by atoms with Crippen LogP contribution in [0.25, 0.3) is 0 Å². The van der Waals surface area contributed by atoms with Gasteiger partial charge in [-0.1, -0.05) is 23.2 Å². The molecule has 1 saturated heterocycles. The van der Waals surface area contributed by atoms with Gasteiger partial charge >= 0.3 is 11.8 Å². The van der Waals surface area contributed by atoms with Crippen LogP contribution in [-0.2, 0) is 9.59 Å². The molecule has 1 fully saturated rings. The van der Waals surface area contributed by atoms with Crippen molar-refractivity contribution in [3.8, 4) is 0 Å². The fraction of sp³-hybridized carbons (Fsp3) is 0.467. The van der Waals surface area contributed by atoms with Crippen LogP contribution in [0.5, 0.6) is 0 Å². The van der Waals surface area contributed by atoms with Gasteiger partial charge in [-0.25, -0.2) is 0 Å². The lowest BCUT2D eigenvalue weighted by molar-refractivity contribution is -0.144. The van der Waals surface area contributed by atoms with Gasteiger partial charge in [0.05, 0.1) is 16.1 Å². The van der Waals surface area contributed by atoms with E-state index in [9.17, 15) is 14.7 Å². The number of aliphatic hydroxyl groups excluding tert-OH is 1. The first-order valence-corrected chi connectivity index (χ1v) is 7.87. The van der Waals surface area contributed by atoms with E-state index < -0.39 is 11.8 Å². The zero-order valence-corrected chi connectivity index (χ0v) is 13.7. The maximum absolute atomic E-state index is 12.1. The normalized spacial score (nSPS) is 17.2. The summed E-state index contributed by atoms with van der Waals surface area (Å²) in [6.07, 6.45) is 1.01. The zero-order chi connectivity index (χ0) is 16.3. The maximum atomic E-state index is 12.1. The highest BCUT2D eigenvalue weighted by molar-refractivity contribution is 6.42. The molecular formula is C15H18Cl2N2O3. The third-order valence-corrected chi connectivity index (χ3v) is 4.62. The number of rotatable bonds is 2. The van der Waals surface area contributed by atoms with E-state index in [4.69, 9.17) is 23.2 Å². The molecule has 1 atom stereocenters. The standard InChI is InChI=1S/C15H18Cl2N2O3/c1-9(20)10-4-6-19(7-5-10)15(22)14(21)18-11-2-3-12(16)13(17)8-11/h2-3,8-10,20H,4-7H2,1H3,(H,18,21). The monoisotopic (exact) mass is 344 g/mol. The van der Waals surface area contributed by atoms with Crippen LogP contribution in [-0.4, -0.2) is 41.0 Å². The van der Waals surface area contributed by atoms with Gasteiger partial charge in [0.1, 0.15) is 0 Å². The van der Waals surface area contributed by atoms with Gasteiger partial charge in [0.2, 0.25) is 0 Å². The largest absolute Gasteiger partial charge is 0.393 e. The summed E-state index contributed by atoms with van der Waals surface area (Å²) in [6.45, 7) is 2.70. The van der Waals surface area contributed by atoms with E-state index in [2.05, 4.69) is 5.32 Å². The van der Waals surface area contributed by atoms with Crippen molar-refractivity contribution >= 4 is 40.7 Å². The molecule has 5 nitrogen and oxygen atoms in total. The van der Waals surface area contributed by atoms with Crippen molar-refractivity contribution in [2.24, 2.45) is 5.92 Å². The minimum Gasteiger partial charge on any atom is -0.393 e. The van der Waals surface area contributed by atoms with E-state index in [-0.39, 0.29) is 12.0 Å². The van der Waals surface area contributed by atoms with Gasteiger partial charge in [-0.15, -0.1) is 0 Å². The van der Waals surface area contributed by atoms with Crippen LogP contribution in [0.2, 0.25) is 10.0 Å². The number of likely N-dealkylation sites (tertiary alicyclic amines) is 1. The second-order valence-corrected chi connectivity index (χ2v) is 6.27. The topological polar surface area (TPSA) is 69.6 Å². The molecule has 1 aromatic rings. The van der Waals surface area contributed by atoms with E-state index in [1.54, 1.807) is 19.1 Å². The molecule has 0 saturated carbocycles. The van der Waals surface area contributed by atoms with Crippen LogP contribution in [0.3, 0.4) is 0 Å². The first-order valence-electron chi connectivity index (χ1n) is 7.12. The van der Waals surface area contributed by atoms with Gasteiger partial charge in [-0.3, -0.25) is 9.59 Å². The van der Waals surface area contributed by atoms with Crippen molar-refractivity contribution in [3.63, 3.8) is 0 Å². The highest BCUT2D eigenvalue weighted by Crippen LogP contribution is 2.25. The number of hydrogen-bond acceptors (Lipinski definition) is 3. The molecule has 0 spiro atoms. The van der Waals surface area contributed by atoms with Crippen LogP contribution in [0.15, 0.2) is 18.2 Å². The molecule has 0 bridgehead atoms. The number of anilines is 1. The first kappa shape index (κ1) is 17.1. The molecule has 1 aliphatic rings. The number of hydrogen-bond donors (Lipinski definition) is 2. The number of nitrogens with one attached hydrogen (secondary N) is 1. The molecule has 2 amide bonds. The zero-order valence-electron chi connectivity index (χ0n) is 12.2. The third kappa shape index (κ3) is 4.12. The summed E-state index contributed by atoms with van der Waals surface area (Å²) >= 11 is 11.7. The molecule has 1 aliphatic heterocycles. The second-order valence-electron chi connectivity index (χ2n) is 5.45. The maximum Gasteiger partial charge on any atom is 0.313 e. The molecule has 1 heterocycles. The number of halogens is 2. The average Bonchev–Trinajstić information content (AvgIpc) is 2.50. The predicted octanol–water partition coefficient (Wildman–Crippen LogP) is 2.55. The molecule has 0 radical (unpaired) electrons. The van der Waals surface area contributed by atoms with Gasteiger partial charge in [-0.2, -0.15) is 0 Å². The van der Waals surface area contributed by atoms with Crippen LogP contribution in [0, 0.1) is 5.92 Å². The minimum absolute atomic E-state index is 0.183. The van der Waals surface area contributed by atoms with E-state index in [0.29, 0.717) is 41.7 Å². The van der Waals surface area contributed by atoms with Crippen LogP contribution in [0.4, 0.5) is 5.69 Å². The van der Waals surface area contributed by atoms with Crippen LogP contribution >= 0.6 is 23.2 Å². The van der Waals surface area contributed by atoms with Gasteiger partial charge in [0.15, 0.2) is 0 Å². The summed E-state index contributed by atoms with van der Waals surface area (Å²) < 4.78 is 0. The van der Waals surface area contributed by atoms with Crippen molar-refractivity contribution in [3.05, 3.63) is 28.2 Å². The molecule has 1 unspecified atom stereocenters. The summed E-state index contributed by atoms with van der Waals surface area (Å²) in [4.78, 5) is 25.6. The SMILES string of the molecule is CC(O)C1CCN(C(=O)C(=O)Nc2ccc(Cl)c(Cl)c2)CC1. The van der Waals surface area contributed by atoms with Gasteiger partial charge < -0.3 is 15.3 Å². The Labute approximate surface area is 139 Å². The highest BCUT2D eigenvalue weighted by atomic mass is 35.5. The molecule has 1 aromatic carbocycles. The smallest absolute Gasteiger partial charge is 0.313 e. The predicted molar refractivity (Wildman–Crippen MR) is 86.1 cm³/mol. The van der Waals surface area contributed by atoms with Crippen molar-refractivity contribution in [1.29, 1.82) is 0 Å². The summed E-state index contributed by atoms with van der Waals surface area (Å²) in [7, 11) is 0. The summed E-state index contributed by atoms with van der Waals surface area (Å²) in [5.41, 5.74) is 0.423. The Morgan fingerprint density at radius 2 is 1.91 bits per heavy atom. The number of carbonyl (C=O) groups is 2. The van der Waals surface area contributed by atoms with E-state index in [0.717, 1.165) is 0 Å². The van der Waals surface area contributed by atoms with Gasteiger partial charge in [0, 0.05) is 18.8 Å². The molecule has 2 rings (SSSR count). The van der Waals surface area contributed by atoms with Crippen LogP contribution < -0.4 is 5.32 Å². The molecule has 7 heteroatoms.